The van der Waals surface area contributed by atoms with Crippen molar-refractivity contribution >= 4 is 10.1 Å². The molecule has 0 aliphatic rings. The van der Waals surface area contributed by atoms with Crippen LogP contribution in [-0.2, 0) is 10.1 Å². The van der Waals surface area contributed by atoms with E-state index in [1.54, 1.807) is 20.8 Å². The topological polar surface area (TPSA) is 52.6 Å². The lowest BCUT2D eigenvalue weighted by atomic mass is 10.2. The van der Waals surface area contributed by atoms with Crippen molar-refractivity contribution in [3.63, 3.8) is 0 Å². The summed E-state index contributed by atoms with van der Waals surface area (Å²) in [7, 11) is -5.71. The Bertz CT molecular complexity index is 544. The van der Waals surface area contributed by atoms with Crippen molar-refractivity contribution in [1.82, 2.24) is 0 Å². The summed E-state index contributed by atoms with van der Waals surface area (Å²) in [6.45, 7) is 5.01. The van der Waals surface area contributed by atoms with Crippen molar-refractivity contribution in [2.75, 3.05) is 0 Å². The van der Waals surface area contributed by atoms with Crippen LogP contribution >= 0.6 is 0 Å². The first-order valence-corrected chi connectivity index (χ1v) is 6.62. The van der Waals surface area contributed by atoms with E-state index in [1.807, 2.05) is 0 Å². The molecule has 0 bridgehead atoms. The summed E-state index contributed by atoms with van der Waals surface area (Å²) in [4.78, 5) is 0. The van der Waals surface area contributed by atoms with Gasteiger partial charge in [0.1, 0.15) is 5.60 Å². The maximum absolute atomic E-state index is 12.2. The van der Waals surface area contributed by atoms with Crippen LogP contribution in [0.25, 0.3) is 0 Å². The normalized spacial score (nSPS) is 13.2. The third kappa shape index (κ3) is 4.30. The molecule has 0 aliphatic heterocycles. The average molecular weight is 298 g/mol. The lowest BCUT2D eigenvalue weighted by molar-refractivity contribution is -0.0501. The Hall–Kier alpha value is -1.44. The predicted molar refractivity (Wildman–Crippen MR) is 62.4 cm³/mol. The van der Waals surface area contributed by atoms with Gasteiger partial charge in [0.15, 0.2) is 11.5 Å². The summed E-state index contributed by atoms with van der Waals surface area (Å²) in [5, 5.41) is 0. The lowest BCUT2D eigenvalue weighted by Gasteiger charge is -2.22. The van der Waals surface area contributed by atoms with Crippen molar-refractivity contribution < 1.29 is 30.5 Å². The van der Waals surface area contributed by atoms with Crippen LogP contribution in [-0.4, -0.2) is 19.5 Å². The number of hydrogen-bond donors (Lipinski definition) is 0. The largest absolute Gasteiger partial charge is 0.534 e. The van der Waals surface area contributed by atoms with Gasteiger partial charge in [-0.2, -0.15) is 21.6 Å². The molecule has 1 rings (SSSR count). The zero-order chi connectivity index (χ0) is 14.9. The van der Waals surface area contributed by atoms with E-state index in [0.717, 1.165) is 6.07 Å². The van der Waals surface area contributed by atoms with E-state index < -0.39 is 27.0 Å². The highest BCUT2D eigenvalue weighted by Gasteiger charge is 2.49. The fourth-order valence-electron chi connectivity index (χ4n) is 1.10. The molecule has 108 valence electrons. The number of para-hydroxylation sites is 2. The fraction of sp³-hybridized carbons (Fsp3) is 0.455. The van der Waals surface area contributed by atoms with Gasteiger partial charge in [-0.15, -0.1) is 0 Å². The third-order valence-electron chi connectivity index (χ3n) is 1.75. The molecule has 0 unspecified atom stereocenters. The second-order valence-electron chi connectivity index (χ2n) is 4.64. The summed E-state index contributed by atoms with van der Waals surface area (Å²) in [6, 6.07) is 5.25. The molecule has 0 saturated carbocycles. The Labute approximate surface area is 109 Å². The molecule has 8 heteroatoms. The number of alkyl halides is 3. The van der Waals surface area contributed by atoms with Gasteiger partial charge in [0.2, 0.25) is 0 Å². The summed E-state index contributed by atoms with van der Waals surface area (Å²) < 4.78 is 68.0. The van der Waals surface area contributed by atoms with Crippen LogP contribution in [0.3, 0.4) is 0 Å². The second kappa shape index (κ2) is 4.92. The zero-order valence-corrected chi connectivity index (χ0v) is 11.3. The number of rotatable bonds is 3. The van der Waals surface area contributed by atoms with Gasteiger partial charge in [-0.1, -0.05) is 12.1 Å². The SMILES string of the molecule is CC(C)(C)Oc1ccccc1OS(=O)(=O)C(F)(F)F. The quantitative estimate of drug-likeness (QED) is 0.635. The smallest absolute Gasteiger partial charge is 0.484 e. The van der Waals surface area contributed by atoms with Crippen molar-refractivity contribution in [3.8, 4) is 11.5 Å². The molecule has 0 spiro atoms. The summed E-state index contributed by atoms with van der Waals surface area (Å²) >= 11 is 0. The van der Waals surface area contributed by atoms with Gasteiger partial charge in [-0.3, -0.25) is 0 Å². The molecule has 1 aromatic carbocycles. The first kappa shape index (κ1) is 15.6. The molecule has 0 N–H and O–H groups in total. The molecule has 0 aromatic heterocycles. The van der Waals surface area contributed by atoms with Crippen molar-refractivity contribution in [1.29, 1.82) is 0 Å². The Kier molecular flexibility index (Phi) is 4.04. The van der Waals surface area contributed by atoms with Crippen LogP contribution in [0.4, 0.5) is 13.2 Å². The number of benzene rings is 1. The molecule has 4 nitrogen and oxygen atoms in total. The molecule has 0 fully saturated rings. The van der Waals surface area contributed by atoms with E-state index in [-0.39, 0.29) is 5.75 Å². The van der Waals surface area contributed by atoms with Gasteiger partial charge in [-0.05, 0) is 32.9 Å². The van der Waals surface area contributed by atoms with Crippen LogP contribution in [0.15, 0.2) is 24.3 Å². The predicted octanol–water partition coefficient (Wildman–Crippen LogP) is 3.09. The van der Waals surface area contributed by atoms with Crippen LogP contribution in [0, 0.1) is 0 Å². The van der Waals surface area contributed by atoms with E-state index in [1.165, 1.54) is 18.2 Å². The van der Waals surface area contributed by atoms with Gasteiger partial charge in [-0.25, -0.2) is 0 Å². The van der Waals surface area contributed by atoms with Crippen molar-refractivity contribution in [2.45, 2.75) is 31.9 Å². The minimum atomic E-state index is -5.71. The highest BCUT2D eigenvalue weighted by Crippen LogP contribution is 2.34. The molecular formula is C11H13F3O4S. The number of ether oxygens (including phenoxy) is 1. The van der Waals surface area contributed by atoms with Gasteiger partial charge in [0, 0.05) is 0 Å². The zero-order valence-electron chi connectivity index (χ0n) is 10.5. The van der Waals surface area contributed by atoms with Crippen LogP contribution < -0.4 is 8.92 Å². The molecule has 0 heterocycles. The average Bonchev–Trinajstić information content (AvgIpc) is 2.16. The summed E-state index contributed by atoms with van der Waals surface area (Å²) in [5.41, 5.74) is -6.19. The monoisotopic (exact) mass is 298 g/mol. The first-order chi connectivity index (χ1) is 8.42. The van der Waals surface area contributed by atoms with E-state index in [9.17, 15) is 21.6 Å². The Balaban J connectivity index is 3.10. The van der Waals surface area contributed by atoms with Gasteiger partial charge in [0.05, 0.1) is 0 Å². The number of hydrogen-bond acceptors (Lipinski definition) is 4. The van der Waals surface area contributed by atoms with E-state index >= 15 is 0 Å². The molecule has 0 amide bonds. The molecular weight excluding hydrogens is 285 g/mol. The summed E-state index contributed by atoms with van der Waals surface area (Å²) in [5.74, 6) is -0.586. The highest BCUT2D eigenvalue weighted by atomic mass is 32.2. The van der Waals surface area contributed by atoms with E-state index in [2.05, 4.69) is 4.18 Å². The summed E-state index contributed by atoms with van der Waals surface area (Å²) in [6.07, 6.45) is 0. The molecule has 0 atom stereocenters. The molecule has 19 heavy (non-hydrogen) atoms. The fourth-order valence-corrected chi connectivity index (χ4v) is 1.57. The van der Waals surface area contributed by atoms with Crippen LogP contribution in [0.1, 0.15) is 20.8 Å². The lowest BCUT2D eigenvalue weighted by Crippen LogP contribution is -2.29. The number of halogens is 3. The molecule has 0 saturated heterocycles. The van der Waals surface area contributed by atoms with Gasteiger partial charge >= 0.3 is 15.6 Å². The minimum absolute atomic E-state index is 0.0807. The highest BCUT2D eigenvalue weighted by molar-refractivity contribution is 7.88. The Morgan fingerprint density at radius 1 is 1.00 bits per heavy atom. The van der Waals surface area contributed by atoms with Crippen LogP contribution in [0.2, 0.25) is 0 Å². The minimum Gasteiger partial charge on any atom is -0.484 e. The van der Waals surface area contributed by atoms with E-state index in [0.29, 0.717) is 0 Å². The molecule has 0 radical (unpaired) electrons. The Morgan fingerprint density at radius 2 is 1.47 bits per heavy atom. The molecule has 1 aromatic rings. The standard InChI is InChI=1S/C11H13F3O4S/c1-10(2,3)17-8-6-4-5-7-9(8)18-19(15,16)11(12,13)14/h4-7H,1-3H3. The van der Waals surface area contributed by atoms with Crippen molar-refractivity contribution in [2.24, 2.45) is 0 Å². The first-order valence-electron chi connectivity index (χ1n) is 5.21. The van der Waals surface area contributed by atoms with Crippen molar-refractivity contribution in [3.05, 3.63) is 24.3 Å². The van der Waals surface area contributed by atoms with Gasteiger partial charge < -0.3 is 8.92 Å². The Morgan fingerprint density at radius 3 is 1.89 bits per heavy atom. The maximum Gasteiger partial charge on any atom is 0.534 e. The second-order valence-corrected chi connectivity index (χ2v) is 6.18. The van der Waals surface area contributed by atoms with E-state index in [4.69, 9.17) is 4.74 Å². The third-order valence-corrected chi connectivity index (χ3v) is 2.71. The van der Waals surface area contributed by atoms with Gasteiger partial charge in [0.25, 0.3) is 0 Å². The molecule has 0 aliphatic carbocycles. The maximum atomic E-state index is 12.2. The van der Waals surface area contributed by atoms with Crippen LogP contribution in [0.5, 0.6) is 11.5 Å².